The van der Waals surface area contributed by atoms with Crippen LogP contribution in [0.5, 0.6) is 0 Å². The minimum Gasteiger partial charge on any atom is -0.326 e. The summed E-state index contributed by atoms with van der Waals surface area (Å²) in [6.45, 7) is 3.77. The van der Waals surface area contributed by atoms with Crippen molar-refractivity contribution in [1.29, 1.82) is 0 Å². The monoisotopic (exact) mass is 386 g/mol. The molecule has 1 N–H and O–H groups in total. The molecule has 2 amide bonds. The number of thioether (sulfide) groups is 2. The van der Waals surface area contributed by atoms with Gasteiger partial charge in [-0.2, -0.15) is 0 Å². The Morgan fingerprint density at radius 3 is 2.38 bits per heavy atom. The van der Waals surface area contributed by atoms with Gasteiger partial charge < -0.3 is 5.32 Å². The van der Waals surface area contributed by atoms with Crippen molar-refractivity contribution in [2.45, 2.75) is 35.8 Å². The van der Waals surface area contributed by atoms with Gasteiger partial charge in [0.15, 0.2) is 0 Å². The van der Waals surface area contributed by atoms with E-state index in [1.54, 1.807) is 23.5 Å². The van der Waals surface area contributed by atoms with Crippen LogP contribution in [0.2, 0.25) is 0 Å². The molecule has 0 aromatic heterocycles. The molecule has 4 nitrogen and oxygen atoms in total. The van der Waals surface area contributed by atoms with E-state index in [1.165, 1.54) is 4.90 Å². The average molecular weight is 387 g/mol. The third-order valence-corrected chi connectivity index (χ3v) is 6.40. The van der Waals surface area contributed by atoms with Gasteiger partial charge in [0.05, 0.1) is 5.25 Å². The highest BCUT2D eigenvalue weighted by Crippen LogP contribution is 2.45. The average Bonchev–Trinajstić information content (AvgIpc) is 2.97. The lowest BCUT2D eigenvalue weighted by molar-refractivity contribution is -0.117. The van der Waals surface area contributed by atoms with Crippen molar-refractivity contribution in [2.24, 2.45) is 0 Å². The maximum atomic E-state index is 12.8. The standard InChI is InChI=1S/C20H22N2O2S2/c1-4-18(23)21-15-7-9-16(10-8-15)22-19(24)13(2)26-20(22)14-5-11-17(25-3)12-6-14/h5-13,20H,4H2,1-3H3,(H,21,23)/t13-,20-/m1/s1. The Labute approximate surface area is 162 Å². The van der Waals surface area contributed by atoms with Gasteiger partial charge in [-0.05, 0) is 55.1 Å². The summed E-state index contributed by atoms with van der Waals surface area (Å²) >= 11 is 3.37. The topological polar surface area (TPSA) is 49.4 Å². The maximum Gasteiger partial charge on any atom is 0.241 e. The molecule has 136 valence electrons. The molecule has 1 aliphatic rings. The number of hydrogen-bond donors (Lipinski definition) is 1. The van der Waals surface area contributed by atoms with Gasteiger partial charge in [-0.3, -0.25) is 14.5 Å². The van der Waals surface area contributed by atoms with E-state index in [0.29, 0.717) is 6.42 Å². The number of hydrogen-bond acceptors (Lipinski definition) is 4. The van der Waals surface area contributed by atoms with Crippen molar-refractivity contribution in [3.8, 4) is 0 Å². The first kappa shape index (κ1) is 18.9. The van der Waals surface area contributed by atoms with Crippen LogP contribution in [-0.4, -0.2) is 23.3 Å². The Morgan fingerprint density at radius 2 is 1.81 bits per heavy atom. The van der Waals surface area contributed by atoms with Gasteiger partial charge in [0.25, 0.3) is 0 Å². The molecular weight excluding hydrogens is 364 g/mol. The molecule has 1 fully saturated rings. The van der Waals surface area contributed by atoms with E-state index in [2.05, 4.69) is 35.8 Å². The zero-order valence-electron chi connectivity index (χ0n) is 15.1. The van der Waals surface area contributed by atoms with Crippen LogP contribution in [0.25, 0.3) is 0 Å². The number of amides is 2. The fourth-order valence-corrected chi connectivity index (χ4v) is 4.52. The quantitative estimate of drug-likeness (QED) is 0.741. The fourth-order valence-electron chi connectivity index (χ4n) is 2.84. The molecule has 1 saturated heterocycles. The Balaban J connectivity index is 1.87. The van der Waals surface area contributed by atoms with Crippen molar-refractivity contribution in [3.63, 3.8) is 0 Å². The summed E-state index contributed by atoms with van der Waals surface area (Å²) in [6, 6.07) is 15.9. The zero-order chi connectivity index (χ0) is 18.7. The molecule has 0 radical (unpaired) electrons. The van der Waals surface area contributed by atoms with Crippen LogP contribution in [-0.2, 0) is 9.59 Å². The first-order chi connectivity index (χ1) is 12.5. The predicted octanol–water partition coefficient (Wildman–Crippen LogP) is 4.92. The van der Waals surface area contributed by atoms with E-state index >= 15 is 0 Å². The first-order valence-electron chi connectivity index (χ1n) is 8.56. The van der Waals surface area contributed by atoms with E-state index in [4.69, 9.17) is 0 Å². The molecule has 2 atom stereocenters. The van der Waals surface area contributed by atoms with Gasteiger partial charge in [-0.15, -0.1) is 23.5 Å². The first-order valence-corrected chi connectivity index (χ1v) is 10.7. The lowest BCUT2D eigenvalue weighted by atomic mass is 10.1. The summed E-state index contributed by atoms with van der Waals surface area (Å²) in [5, 5.41) is 2.71. The molecule has 0 aliphatic carbocycles. The number of carbonyl (C=O) groups is 2. The third-order valence-electron chi connectivity index (χ3n) is 4.30. The van der Waals surface area contributed by atoms with Crippen LogP contribution in [0.15, 0.2) is 53.4 Å². The molecule has 2 aromatic rings. The molecule has 6 heteroatoms. The van der Waals surface area contributed by atoms with Crippen LogP contribution in [0, 0.1) is 0 Å². The second kappa shape index (κ2) is 8.18. The second-order valence-electron chi connectivity index (χ2n) is 6.06. The van der Waals surface area contributed by atoms with E-state index in [9.17, 15) is 9.59 Å². The van der Waals surface area contributed by atoms with Crippen molar-refractivity contribution in [2.75, 3.05) is 16.5 Å². The van der Waals surface area contributed by atoms with Crippen LogP contribution >= 0.6 is 23.5 Å². The second-order valence-corrected chi connectivity index (χ2v) is 8.37. The fraction of sp³-hybridized carbons (Fsp3) is 0.300. The lowest BCUT2D eigenvalue weighted by Gasteiger charge is -2.24. The summed E-state index contributed by atoms with van der Waals surface area (Å²) in [5.41, 5.74) is 2.71. The van der Waals surface area contributed by atoms with E-state index < -0.39 is 0 Å². The largest absolute Gasteiger partial charge is 0.326 e. The van der Waals surface area contributed by atoms with Gasteiger partial charge in [0.1, 0.15) is 5.37 Å². The van der Waals surface area contributed by atoms with E-state index in [1.807, 2.05) is 43.0 Å². The normalized spacial score (nSPS) is 19.7. The predicted molar refractivity (Wildman–Crippen MR) is 111 cm³/mol. The molecule has 1 heterocycles. The van der Waals surface area contributed by atoms with Gasteiger partial charge >= 0.3 is 0 Å². The highest BCUT2D eigenvalue weighted by Gasteiger charge is 2.39. The molecular formula is C20H22N2O2S2. The zero-order valence-corrected chi connectivity index (χ0v) is 16.7. The SMILES string of the molecule is CCC(=O)Nc1ccc(N2C(=O)[C@@H](C)S[C@@H]2c2ccc(SC)cc2)cc1. The van der Waals surface area contributed by atoms with Crippen molar-refractivity contribution in [3.05, 3.63) is 54.1 Å². The lowest BCUT2D eigenvalue weighted by Crippen LogP contribution is -2.30. The minimum atomic E-state index is -0.0836. The van der Waals surface area contributed by atoms with Crippen molar-refractivity contribution < 1.29 is 9.59 Å². The van der Waals surface area contributed by atoms with Crippen LogP contribution in [0.3, 0.4) is 0 Å². The molecule has 0 spiro atoms. The molecule has 2 aromatic carbocycles. The molecule has 0 bridgehead atoms. The van der Waals surface area contributed by atoms with Gasteiger partial charge in [-0.25, -0.2) is 0 Å². The van der Waals surface area contributed by atoms with Crippen molar-refractivity contribution in [1.82, 2.24) is 0 Å². The van der Waals surface area contributed by atoms with Gasteiger partial charge in [-0.1, -0.05) is 19.1 Å². The Kier molecular flexibility index (Phi) is 5.94. The molecule has 0 saturated carbocycles. The minimum absolute atomic E-state index is 0.0223. The summed E-state index contributed by atoms with van der Waals surface area (Å²) in [7, 11) is 0. The Bertz CT molecular complexity index is 790. The number of nitrogens with zero attached hydrogens (tertiary/aromatic N) is 1. The van der Waals surface area contributed by atoms with Crippen LogP contribution in [0.4, 0.5) is 11.4 Å². The Hall–Kier alpha value is -1.92. The highest BCUT2D eigenvalue weighted by atomic mass is 32.2. The molecule has 0 unspecified atom stereocenters. The van der Waals surface area contributed by atoms with Gasteiger partial charge in [0.2, 0.25) is 11.8 Å². The van der Waals surface area contributed by atoms with Crippen LogP contribution in [0.1, 0.15) is 31.2 Å². The summed E-state index contributed by atoms with van der Waals surface area (Å²) in [6.07, 6.45) is 2.49. The number of benzene rings is 2. The summed E-state index contributed by atoms with van der Waals surface area (Å²) in [5.74, 6) is 0.0882. The molecule has 1 aliphatic heterocycles. The van der Waals surface area contributed by atoms with E-state index in [0.717, 1.165) is 16.9 Å². The highest BCUT2D eigenvalue weighted by molar-refractivity contribution is 8.01. The maximum absolute atomic E-state index is 12.8. The third kappa shape index (κ3) is 3.91. The smallest absolute Gasteiger partial charge is 0.241 e. The van der Waals surface area contributed by atoms with Gasteiger partial charge in [0, 0.05) is 22.7 Å². The Morgan fingerprint density at radius 1 is 1.15 bits per heavy atom. The summed E-state index contributed by atoms with van der Waals surface area (Å²) < 4.78 is 0. The summed E-state index contributed by atoms with van der Waals surface area (Å²) in [4.78, 5) is 27.3. The van der Waals surface area contributed by atoms with Crippen molar-refractivity contribution >= 4 is 46.7 Å². The molecule has 26 heavy (non-hydrogen) atoms. The molecule has 3 rings (SSSR count). The number of anilines is 2. The van der Waals surface area contributed by atoms with Crippen LogP contribution < -0.4 is 10.2 Å². The number of nitrogens with one attached hydrogen (secondary N) is 1. The number of carbonyl (C=O) groups excluding carboxylic acids is 2. The van der Waals surface area contributed by atoms with E-state index in [-0.39, 0.29) is 22.4 Å². The number of rotatable bonds is 5.